The van der Waals surface area contributed by atoms with E-state index in [4.69, 9.17) is 4.74 Å². The third kappa shape index (κ3) is 2.95. The predicted octanol–water partition coefficient (Wildman–Crippen LogP) is 0.623. The summed E-state index contributed by atoms with van der Waals surface area (Å²) in [5, 5.41) is 3.30. The highest BCUT2D eigenvalue weighted by molar-refractivity contribution is 5.79. The van der Waals surface area contributed by atoms with Gasteiger partial charge in [-0.15, -0.1) is 0 Å². The van der Waals surface area contributed by atoms with Crippen molar-refractivity contribution in [3.05, 3.63) is 0 Å². The van der Waals surface area contributed by atoms with E-state index in [-0.39, 0.29) is 12.0 Å². The molecular formula is C12H22N2O2. The molecule has 0 aliphatic carbocycles. The predicted molar refractivity (Wildman–Crippen MR) is 62.2 cm³/mol. The summed E-state index contributed by atoms with van der Waals surface area (Å²) in [6.45, 7) is 6.36. The Hall–Kier alpha value is -0.610. The van der Waals surface area contributed by atoms with Crippen molar-refractivity contribution in [3.63, 3.8) is 0 Å². The minimum Gasteiger partial charge on any atom is -0.377 e. The normalized spacial score (nSPS) is 32.2. The van der Waals surface area contributed by atoms with E-state index in [2.05, 4.69) is 5.32 Å². The van der Waals surface area contributed by atoms with Gasteiger partial charge < -0.3 is 15.0 Å². The first-order valence-corrected chi connectivity index (χ1v) is 6.38. The molecule has 0 aromatic rings. The van der Waals surface area contributed by atoms with Crippen LogP contribution in [0, 0.1) is 5.92 Å². The molecule has 4 nitrogen and oxygen atoms in total. The zero-order valence-corrected chi connectivity index (χ0v) is 10.1. The van der Waals surface area contributed by atoms with Crippen LogP contribution in [0.4, 0.5) is 0 Å². The standard InChI is InChI=1S/C12H22N2O2/c1-10-9-14(6-3-7-16-10)12(15)11-4-2-5-13-8-11/h10-11,13H,2-9H2,1H3. The minimum atomic E-state index is 0.183. The van der Waals surface area contributed by atoms with Crippen LogP contribution in [0.25, 0.3) is 0 Å². The maximum atomic E-state index is 12.3. The number of nitrogens with zero attached hydrogens (tertiary/aromatic N) is 1. The third-order valence-electron chi connectivity index (χ3n) is 3.41. The second kappa shape index (κ2) is 5.64. The maximum Gasteiger partial charge on any atom is 0.227 e. The summed E-state index contributed by atoms with van der Waals surface area (Å²) < 4.78 is 5.56. The van der Waals surface area contributed by atoms with Gasteiger partial charge in [0.05, 0.1) is 12.0 Å². The lowest BCUT2D eigenvalue weighted by Gasteiger charge is -2.29. The van der Waals surface area contributed by atoms with Crippen molar-refractivity contribution in [2.24, 2.45) is 5.92 Å². The number of carbonyl (C=O) groups excluding carboxylic acids is 1. The van der Waals surface area contributed by atoms with Gasteiger partial charge in [0.2, 0.25) is 5.91 Å². The minimum absolute atomic E-state index is 0.183. The summed E-state index contributed by atoms with van der Waals surface area (Å²) in [6, 6.07) is 0. The van der Waals surface area contributed by atoms with Gasteiger partial charge in [0.15, 0.2) is 0 Å². The molecule has 2 aliphatic rings. The van der Waals surface area contributed by atoms with E-state index in [0.717, 1.165) is 52.0 Å². The first kappa shape index (κ1) is 11.9. The number of amides is 1. The number of ether oxygens (including phenoxy) is 1. The van der Waals surface area contributed by atoms with Crippen molar-refractivity contribution in [2.75, 3.05) is 32.8 Å². The monoisotopic (exact) mass is 226 g/mol. The van der Waals surface area contributed by atoms with E-state index in [1.807, 2.05) is 11.8 Å². The molecule has 2 unspecified atom stereocenters. The van der Waals surface area contributed by atoms with Crippen molar-refractivity contribution in [1.29, 1.82) is 0 Å². The topological polar surface area (TPSA) is 41.6 Å². The van der Waals surface area contributed by atoms with Gasteiger partial charge in [-0.05, 0) is 32.7 Å². The summed E-state index contributed by atoms with van der Waals surface area (Å²) in [5.41, 5.74) is 0. The van der Waals surface area contributed by atoms with Crippen LogP contribution in [0.3, 0.4) is 0 Å². The Morgan fingerprint density at radius 1 is 1.44 bits per heavy atom. The highest BCUT2D eigenvalue weighted by Crippen LogP contribution is 2.15. The summed E-state index contributed by atoms with van der Waals surface area (Å²) in [7, 11) is 0. The molecule has 2 fully saturated rings. The second-order valence-corrected chi connectivity index (χ2v) is 4.86. The number of hydrogen-bond acceptors (Lipinski definition) is 3. The smallest absolute Gasteiger partial charge is 0.227 e. The first-order valence-electron chi connectivity index (χ1n) is 6.38. The molecule has 1 amide bonds. The third-order valence-corrected chi connectivity index (χ3v) is 3.41. The van der Waals surface area contributed by atoms with Gasteiger partial charge in [-0.2, -0.15) is 0 Å². The van der Waals surface area contributed by atoms with Crippen molar-refractivity contribution in [1.82, 2.24) is 10.2 Å². The van der Waals surface area contributed by atoms with E-state index in [1.165, 1.54) is 0 Å². The maximum absolute atomic E-state index is 12.3. The van der Waals surface area contributed by atoms with Gasteiger partial charge >= 0.3 is 0 Å². The van der Waals surface area contributed by atoms with Crippen molar-refractivity contribution < 1.29 is 9.53 Å². The molecule has 0 bridgehead atoms. The van der Waals surface area contributed by atoms with Crippen LogP contribution in [-0.2, 0) is 9.53 Å². The SMILES string of the molecule is CC1CN(C(=O)C2CCCNC2)CCCO1. The average Bonchev–Trinajstić information content (AvgIpc) is 2.54. The van der Waals surface area contributed by atoms with Crippen LogP contribution in [0.2, 0.25) is 0 Å². The number of carbonyl (C=O) groups is 1. The van der Waals surface area contributed by atoms with Gasteiger partial charge in [-0.1, -0.05) is 0 Å². The van der Waals surface area contributed by atoms with E-state index in [0.29, 0.717) is 5.91 Å². The molecule has 0 spiro atoms. The molecule has 16 heavy (non-hydrogen) atoms. The summed E-state index contributed by atoms with van der Waals surface area (Å²) in [4.78, 5) is 14.3. The molecule has 0 saturated carbocycles. The molecule has 92 valence electrons. The van der Waals surface area contributed by atoms with Crippen LogP contribution in [0.1, 0.15) is 26.2 Å². The largest absolute Gasteiger partial charge is 0.377 e. The zero-order chi connectivity index (χ0) is 11.4. The molecule has 2 aliphatic heterocycles. The lowest BCUT2D eigenvalue weighted by molar-refractivity contribution is -0.136. The number of hydrogen-bond donors (Lipinski definition) is 1. The lowest BCUT2D eigenvalue weighted by Crippen LogP contribution is -2.45. The number of piperidine rings is 1. The lowest BCUT2D eigenvalue weighted by atomic mass is 9.98. The van der Waals surface area contributed by atoms with Crippen molar-refractivity contribution in [2.45, 2.75) is 32.3 Å². The molecule has 2 atom stereocenters. The second-order valence-electron chi connectivity index (χ2n) is 4.86. The molecule has 0 radical (unpaired) electrons. The van der Waals surface area contributed by atoms with Crippen molar-refractivity contribution in [3.8, 4) is 0 Å². The van der Waals surface area contributed by atoms with Crippen LogP contribution in [0.15, 0.2) is 0 Å². The van der Waals surface area contributed by atoms with E-state index < -0.39 is 0 Å². The van der Waals surface area contributed by atoms with Crippen LogP contribution in [0.5, 0.6) is 0 Å². The Balaban J connectivity index is 1.91. The fraction of sp³-hybridized carbons (Fsp3) is 0.917. The van der Waals surface area contributed by atoms with E-state index in [1.54, 1.807) is 0 Å². The van der Waals surface area contributed by atoms with Crippen molar-refractivity contribution >= 4 is 5.91 Å². The van der Waals surface area contributed by atoms with Gasteiger partial charge in [-0.3, -0.25) is 4.79 Å². The van der Waals surface area contributed by atoms with Crippen LogP contribution < -0.4 is 5.32 Å². The quantitative estimate of drug-likeness (QED) is 0.713. The Labute approximate surface area is 97.3 Å². The van der Waals surface area contributed by atoms with Gasteiger partial charge in [0, 0.05) is 26.2 Å². The Morgan fingerprint density at radius 3 is 3.06 bits per heavy atom. The van der Waals surface area contributed by atoms with Gasteiger partial charge in [0.1, 0.15) is 0 Å². The van der Waals surface area contributed by atoms with E-state index >= 15 is 0 Å². The fourth-order valence-electron chi connectivity index (χ4n) is 2.52. The molecular weight excluding hydrogens is 204 g/mol. The average molecular weight is 226 g/mol. The Kier molecular flexibility index (Phi) is 4.18. The van der Waals surface area contributed by atoms with E-state index in [9.17, 15) is 4.79 Å². The number of nitrogens with one attached hydrogen (secondary N) is 1. The summed E-state index contributed by atoms with van der Waals surface area (Å²) >= 11 is 0. The number of rotatable bonds is 1. The highest BCUT2D eigenvalue weighted by atomic mass is 16.5. The molecule has 1 N–H and O–H groups in total. The molecule has 0 aromatic carbocycles. The molecule has 0 aromatic heterocycles. The summed E-state index contributed by atoms with van der Waals surface area (Å²) in [5.74, 6) is 0.517. The molecule has 2 saturated heterocycles. The Morgan fingerprint density at radius 2 is 2.31 bits per heavy atom. The molecule has 2 rings (SSSR count). The highest BCUT2D eigenvalue weighted by Gasteiger charge is 2.27. The van der Waals surface area contributed by atoms with Gasteiger partial charge in [0.25, 0.3) is 0 Å². The zero-order valence-electron chi connectivity index (χ0n) is 10.1. The van der Waals surface area contributed by atoms with Gasteiger partial charge in [-0.25, -0.2) is 0 Å². The Bertz CT molecular complexity index is 239. The molecule has 2 heterocycles. The fourth-order valence-corrected chi connectivity index (χ4v) is 2.52. The van der Waals surface area contributed by atoms with Crippen LogP contribution >= 0.6 is 0 Å². The summed E-state index contributed by atoms with van der Waals surface area (Å²) in [6.07, 6.45) is 3.31. The molecule has 4 heteroatoms. The first-order chi connectivity index (χ1) is 7.77. The van der Waals surface area contributed by atoms with Crippen LogP contribution in [-0.4, -0.2) is 49.7 Å².